The molecule has 2 amide bonds. The van der Waals surface area contributed by atoms with Crippen LogP contribution in [0.5, 0.6) is 0 Å². The third-order valence-electron chi connectivity index (χ3n) is 4.62. The first-order valence-corrected chi connectivity index (χ1v) is 9.15. The van der Waals surface area contributed by atoms with Gasteiger partial charge in [0.15, 0.2) is 0 Å². The average Bonchev–Trinajstić information content (AvgIpc) is 2.95. The number of benzene rings is 2. The van der Waals surface area contributed by atoms with Gasteiger partial charge in [-0.3, -0.25) is 4.57 Å². The van der Waals surface area contributed by atoms with Crippen LogP contribution in [0.3, 0.4) is 0 Å². The van der Waals surface area contributed by atoms with Crippen LogP contribution >= 0.6 is 0 Å². The highest BCUT2D eigenvalue weighted by Gasteiger charge is 2.13. The third kappa shape index (κ3) is 4.27. The fourth-order valence-corrected chi connectivity index (χ4v) is 3.17. The summed E-state index contributed by atoms with van der Waals surface area (Å²) in [6.45, 7) is 3.69. The number of hydrogen-bond donors (Lipinski definition) is 3. The maximum Gasteiger partial charge on any atom is 0.319 e. The van der Waals surface area contributed by atoms with E-state index in [0.717, 1.165) is 42.1 Å². The van der Waals surface area contributed by atoms with Crippen molar-refractivity contribution in [2.75, 3.05) is 38.2 Å². The van der Waals surface area contributed by atoms with Gasteiger partial charge in [0.2, 0.25) is 0 Å². The molecular weight excluding hydrogens is 342 g/mol. The van der Waals surface area contributed by atoms with Crippen molar-refractivity contribution in [2.45, 2.75) is 0 Å². The third-order valence-corrected chi connectivity index (χ3v) is 4.62. The van der Waals surface area contributed by atoms with Crippen molar-refractivity contribution in [3.8, 4) is 5.69 Å². The molecule has 0 bridgehead atoms. The number of aromatic nitrogens is 2. The zero-order valence-electron chi connectivity index (χ0n) is 15.0. The fourth-order valence-electron chi connectivity index (χ4n) is 3.17. The molecular formula is C20H23N5O2. The molecule has 1 aliphatic heterocycles. The van der Waals surface area contributed by atoms with Gasteiger partial charge in [-0.2, -0.15) is 0 Å². The molecule has 27 heavy (non-hydrogen) atoms. The lowest BCUT2D eigenvalue weighted by Gasteiger charge is -2.15. The Morgan fingerprint density at radius 2 is 2.07 bits per heavy atom. The second kappa shape index (κ2) is 8.20. The minimum absolute atomic E-state index is 0.208. The number of amides is 2. The van der Waals surface area contributed by atoms with Crippen molar-refractivity contribution in [2.24, 2.45) is 5.92 Å². The van der Waals surface area contributed by atoms with Crippen molar-refractivity contribution < 1.29 is 9.53 Å². The summed E-state index contributed by atoms with van der Waals surface area (Å²) < 4.78 is 7.52. The number of ether oxygens (including phenoxy) is 1. The molecule has 0 unspecified atom stereocenters. The van der Waals surface area contributed by atoms with Gasteiger partial charge in [-0.05, 0) is 36.4 Å². The minimum Gasteiger partial charge on any atom is -0.380 e. The summed E-state index contributed by atoms with van der Waals surface area (Å²) in [5, 5.41) is 9.08. The van der Waals surface area contributed by atoms with Gasteiger partial charge in [-0.25, -0.2) is 9.78 Å². The number of rotatable bonds is 4. The van der Waals surface area contributed by atoms with E-state index >= 15 is 0 Å². The minimum atomic E-state index is -0.208. The van der Waals surface area contributed by atoms with Crippen LogP contribution < -0.4 is 16.0 Å². The molecule has 7 heteroatoms. The summed E-state index contributed by atoms with van der Waals surface area (Å²) >= 11 is 0. The molecule has 0 saturated carbocycles. The first-order chi connectivity index (χ1) is 13.3. The molecule has 2 heterocycles. The van der Waals surface area contributed by atoms with Crippen molar-refractivity contribution >= 4 is 22.8 Å². The lowest BCUT2D eigenvalue weighted by atomic mass is 10.1. The second-order valence-corrected chi connectivity index (χ2v) is 6.63. The van der Waals surface area contributed by atoms with E-state index in [4.69, 9.17) is 4.74 Å². The highest BCUT2D eigenvalue weighted by Crippen LogP contribution is 2.19. The van der Waals surface area contributed by atoms with Crippen LogP contribution in [-0.2, 0) is 4.74 Å². The van der Waals surface area contributed by atoms with Crippen molar-refractivity contribution in [1.29, 1.82) is 0 Å². The zero-order chi connectivity index (χ0) is 18.5. The molecule has 4 rings (SSSR count). The van der Waals surface area contributed by atoms with Crippen LogP contribution in [0.15, 0.2) is 54.9 Å². The van der Waals surface area contributed by atoms with Gasteiger partial charge >= 0.3 is 6.03 Å². The van der Waals surface area contributed by atoms with Crippen molar-refractivity contribution in [3.05, 3.63) is 54.9 Å². The van der Waals surface area contributed by atoms with Crippen LogP contribution in [0, 0.1) is 5.92 Å². The molecule has 3 aromatic rings. The SMILES string of the molecule is O=C(NC[C@H]1CNCCOC1)Nc1ccc(-n2cnc3ccccc32)cc1. The number of para-hydroxylation sites is 2. The molecule has 1 aromatic heterocycles. The number of anilines is 1. The number of carbonyl (C=O) groups excluding carboxylic acids is 1. The summed E-state index contributed by atoms with van der Waals surface area (Å²) in [4.78, 5) is 16.5. The van der Waals surface area contributed by atoms with Crippen LogP contribution in [0.2, 0.25) is 0 Å². The Hall–Kier alpha value is -2.90. The van der Waals surface area contributed by atoms with Crippen LogP contribution in [0.1, 0.15) is 0 Å². The summed E-state index contributed by atoms with van der Waals surface area (Å²) in [6.07, 6.45) is 1.81. The maximum absolute atomic E-state index is 12.1. The Bertz CT molecular complexity index is 898. The summed E-state index contributed by atoms with van der Waals surface area (Å²) in [5.41, 5.74) is 3.75. The van der Waals surface area contributed by atoms with Gasteiger partial charge in [0.25, 0.3) is 0 Å². The van der Waals surface area contributed by atoms with Gasteiger partial charge in [0, 0.05) is 36.9 Å². The molecule has 1 saturated heterocycles. The first kappa shape index (κ1) is 17.5. The van der Waals surface area contributed by atoms with E-state index < -0.39 is 0 Å². The Kier molecular flexibility index (Phi) is 5.32. The molecule has 1 atom stereocenters. The van der Waals surface area contributed by atoms with E-state index in [0.29, 0.717) is 13.2 Å². The Morgan fingerprint density at radius 1 is 1.22 bits per heavy atom. The molecule has 0 aliphatic carbocycles. The molecule has 7 nitrogen and oxygen atoms in total. The highest BCUT2D eigenvalue weighted by atomic mass is 16.5. The molecule has 1 aliphatic rings. The topological polar surface area (TPSA) is 80.2 Å². The summed E-state index contributed by atoms with van der Waals surface area (Å²) in [6, 6.07) is 15.5. The molecule has 2 aromatic carbocycles. The van der Waals surface area contributed by atoms with Gasteiger partial charge in [-0.15, -0.1) is 0 Å². The fraction of sp³-hybridized carbons (Fsp3) is 0.300. The Balaban J connectivity index is 1.35. The normalized spacial score (nSPS) is 17.4. The standard InChI is InChI=1S/C20H23N5O2/c26-20(22-12-15-11-21-9-10-27-13-15)24-16-5-7-17(8-6-16)25-14-23-18-3-1-2-4-19(18)25/h1-8,14-15,21H,9-13H2,(H2,22,24,26)/t15-/m1/s1. The number of imidazole rings is 1. The van der Waals surface area contributed by atoms with Gasteiger partial charge < -0.3 is 20.7 Å². The maximum atomic E-state index is 12.1. The number of hydrogen-bond acceptors (Lipinski definition) is 4. The van der Waals surface area contributed by atoms with E-state index in [2.05, 4.69) is 20.9 Å². The quantitative estimate of drug-likeness (QED) is 0.663. The van der Waals surface area contributed by atoms with E-state index in [1.165, 1.54) is 0 Å². The van der Waals surface area contributed by atoms with Gasteiger partial charge in [0.1, 0.15) is 6.33 Å². The number of carbonyl (C=O) groups is 1. The lowest BCUT2D eigenvalue weighted by molar-refractivity contribution is 0.123. The second-order valence-electron chi connectivity index (χ2n) is 6.63. The highest BCUT2D eigenvalue weighted by molar-refractivity contribution is 5.89. The monoisotopic (exact) mass is 365 g/mol. The lowest BCUT2D eigenvalue weighted by Crippen LogP contribution is -2.37. The van der Waals surface area contributed by atoms with E-state index in [9.17, 15) is 4.79 Å². The van der Waals surface area contributed by atoms with Crippen LogP contribution in [0.4, 0.5) is 10.5 Å². The number of nitrogens with zero attached hydrogens (tertiary/aromatic N) is 2. The van der Waals surface area contributed by atoms with Crippen molar-refractivity contribution in [3.63, 3.8) is 0 Å². The molecule has 1 fully saturated rings. The smallest absolute Gasteiger partial charge is 0.319 e. The number of fused-ring (bicyclic) bond motifs is 1. The number of urea groups is 1. The summed E-state index contributed by atoms with van der Waals surface area (Å²) in [5.74, 6) is 0.287. The first-order valence-electron chi connectivity index (χ1n) is 9.15. The van der Waals surface area contributed by atoms with Crippen LogP contribution in [-0.4, -0.2) is 48.4 Å². The molecule has 3 N–H and O–H groups in total. The predicted molar refractivity (Wildman–Crippen MR) is 105 cm³/mol. The predicted octanol–water partition coefficient (Wildman–Crippen LogP) is 2.38. The molecule has 0 spiro atoms. The molecule has 0 radical (unpaired) electrons. The van der Waals surface area contributed by atoms with E-state index in [1.807, 2.05) is 59.4 Å². The average molecular weight is 365 g/mol. The van der Waals surface area contributed by atoms with Gasteiger partial charge in [-0.1, -0.05) is 12.1 Å². The van der Waals surface area contributed by atoms with Crippen molar-refractivity contribution in [1.82, 2.24) is 20.2 Å². The summed E-state index contributed by atoms with van der Waals surface area (Å²) in [7, 11) is 0. The van der Waals surface area contributed by atoms with Gasteiger partial charge in [0.05, 0.1) is 24.2 Å². The van der Waals surface area contributed by atoms with E-state index in [-0.39, 0.29) is 11.9 Å². The Labute approximate surface area is 157 Å². The molecule has 140 valence electrons. The van der Waals surface area contributed by atoms with E-state index in [1.54, 1.807) is 0 Å². The number of nitrogens with one attached hydrogen (secondary N) is 3. The largest absolute Gasteiger partial charge is 0.380 e. The zero-order valence-corrected chi connectivity index (χ0v) is 15.0. The Morgan fingerprint density at radius 3 is 2.96 bits per heavy atom. The van der Waals surface area contributed by atoms with Crippen LogP contribution in [0.25, 0.3) is 16.7 Å².